The van der Waals surface area contributed by atoms with E-state index >= 15 is 0 Å². The fourth-order valence-corrected chi connectivity index (χ4v) is 1.77. The summed E-state index contributed by atoms with van der Waals surface area (Å²) < 4.78 is 0.459. The second-order valence-corrected chi connectivity index (χ2v) is 4.53. The smallest absolute Gasteiger partial charge is 0.280 e. The molecule has 3 aromatic heterocycles. The number of amides is 1. The van der Waals surface area contributed by atoms with Gasteiger partial charge in [-0.05, 0) is 28.1 Å². The Labute approximate surface area is 125 Å². The first-order valence-corrected chi connectivity index (χ1v) is 6.37. The summed E-state index contributed by atoms with van der Waals surface area (Å²) >= 11 is 3.08. The number of rotatable bonds is 1. The quantitative estimate of drug-likeness (QED) is 0.457. The fraction of sp³-hybridized carbons (Fsp3) is 0. The number of nitrogens with two attached hydrogens (primary N) is 2. The molecule has 0 fully saturated rings. The lowest BCUT2D eigenvalue weighted by Gasteiger charge is -1.89. The number of carbonyl (C=O) groups is 1. The van der Waals surface area contributed by atoms with Crippen molar-refractivity contribution in [3.05, 3.63) is 45.2 Å². The average molecular weight is 352 g/mol. The van der Waals surface area contributed by atoms with Crippen molar-refractivity contribution >= 4 is 38.9 Å². The minimum atomic E-state index is -0.442. The lowest BCUT2D eigenvalue weighted by atomic mass is 10.3. The molecule has 0 aromatic carbocycles. The molecule has 6 N–H and O–H groups in total. The van der Waals surface area contributed by atoms with Gasteiger partial charge in [0.15, 0.2) is 15.9 Å². The van der Waals surface area contributed by atoms with Crippen molar-refractivity contribution in [2.24, 2.45) is 5.73 Å². The number of H-pyrrole nitrogens is 2. The molecular weight excluding hydrogens is 342 g/mol. The Balaban J connectivity index is 0.000000161. The first-order chi connectivity index (χ1) is 9.97. The number of fused-ring (bicyclic) bond motifs is 1. The van der Waals surface area contributed by atoms with Gasteiger partial charge in [-0.2, -0.15) is 4.98 Å². The molecule has 0 saturated heterocycles. The second-order valence-electron chi connectivity index (χ2n) is 3.78. The van der Waals surface area contributed by atoms with Crippen molar-refractivity contribution in [2.75, 3.05) is 5.73 Å². The van der Waals surface area contributed by atoms with Crippen LogP contribution in [0.25, 0.3) is 11.2 Å². The van der Waals surface area contributed by atoms with Crippen LogP contribution in [0.3, 0.4) is 0 Å². The third-order valence-electron chi connectivity index (χ3n) is 2.29. The van der Waals surface area contributed by atoms with Crippen LogP contribution in [0.4, 0.5) is 5.95 Å². The number of hydrogen-bond donors (Lipinski definition) is 4. The van der Waals surface area contributed by atoms with Gasteiger partial charge in [0, 0.05) is 12.4 Å². The number of nitrogens with zero attached hydrogens (tertiary/aromatic N) is 3. The Morgan fingerprint density at radius 2 is 2.05 bits per heavy atom. The second kappa shape index (κ2) is 6.13. The number of pyridine rings is 1. The molecule has 3 rings (SSSR count). The average Bonchev–Trinajstić information content (AvgIpc) is 2.81. The van der Waals surface area contributed by atoms with Gasteiger partial charge in [0.05, 0.1) is 5.56 Å². The predicted octanol–water partition coefficient (Wildman–Crippen LogP) is 0.171. The van der Waals surface area contributed by atoms with Gasteiger partial charge in [0.1, 0.15) is 0 Å². The Kier molecular flexibility index (Phi) is 4.28. The van der Waals surface area contributed by atoms with E-state index in [1.165, 1.54) is 6.20 Å². The monoisotopic (exact) mass is 351 g/mol. The van der Waals surface area contributed by atoms with Crippen LogP contribution in [0.1, 0.15) is 10.4 Å². The van der Waals surface area contributed by atoms with Crippen LogP contribution < -0.4 is 17.0 Å². The zero-order valence-electron chi connectivity index (χ0n) is 10.5. The summed E-state index contributed by atoms with van der Waals surface area (Å²) in [6, 6.07) is 3.29. The minimum absolute atomic E-state index is 0.0728. The number of aromatic nitrogens is 5. The molecule has 3 aromatic rings. The van der Waals surface area contributed by atoms with Gasteiger partial charge in [-0.1, -0.05) is 0 Å². The van der Waals surface area contributed by atoms with Crippen LogP contribution >= 0.6 is 15.9 Å². The molecule has 3 heterocycles. The van der Waals surface area contributed by atoms with Crippen LogP contribution in [0, 0.1) is 0 Å². The number of primary amides is 1. The molecule has 10 heteroatoms. The first-order valence-electron chi connectivity index (χ1n) is 5.58. The zero-order valence-corrected chi connectivity index (χ0v) is 12.1. The number of hydrogen-bond acceptors (Lipinski definition) is 6. The van der Waals surface area contributed by atoms with Crippen LogP contribution in [0.2, 0.25) is 0 Å². The Morgan fingerprint density at radius 1 is 1.29 bits per heavy atom. The lowest BCUT2D eigenvalue weighted by molar-refractivity contribution is 0.1000. The number of nitrogens with one attached hydrogen (secondary N) is 2. The van der Waals surface area contributed by atoms with Crippen molar-refractivity contribution in [3.8, 4) is 0 Å². The largest absolute Gasteiger partial charge is 0.369 e. The highest BCUT2D eigenvalue weighted by Crippen LogP contribution is 2.08. The van der Waals surface area contributed by atoms with Crippen molar-refractivity contribution in [3.63, 3.8) is 0 Å². The first kappa shape index (κ1) is 14.7. The maximum absolute atomic E-state index is 11.1. The van der Waals surface area contributed by atoms with E-state index in [1.54, 1.807) is 18.3 Å². The number of imidazole rings is 1. The third-order valence-corrected chi connectivity index (χ3v) is 2.67. The van der Waals surface area contributed by atoms with Gasteiger partial charge in [-0.15, -0.1) is 0 Å². The van der Waals surface area contributed by atoms with Crippen LogP contribution in [0.5, 0.6) is 0 Å². The van der Waals surface area contributed by atoms with E-state index in [0.717, 1.165) is 0 Å². The van der Waals surface area contributed by atoms with E-state index in [-0.39, 0.29) is 17.0 Å². The highest BCUT2D eigenvalue weighted by Gasteiger charge is 2.05. The van der Waals surface area contributed by atoms with E-state index in [0.29, 0.717) is 15.9 Å². The van der Waals surface area contributed by atoms with Gasteiger partial charge in [-0.25, -0.2) is 4.98 Å². The molecular formula is C11H10BrN7O2. The summed E-state index contributed by atoms with van der Waals surface area (Å²) in [5, 5.41) is 0. The molecule has 0 radical (unpaired) electrons. The maximum atomic E-state index is 11.1. The predicted molar refractivity (Wildman–Crippen MR) is 79.4 cm³/mol. The van der Waals surface area contributed by atoms with E-state index in [9.17, 15) is 9.59 Å². The van der Waals surface area contributed by atoms with Gasteiger partial charge in [-0.3, -0.25) is 19.6 Å². The van der Waals surface area contributed by atoms with Gasteiger partial charge < -0.3 is 16.5 Å². The van der Waals surface area contributed by atoms with Gasteiger partial charge in [0.25, 0.3) is 5.56 Å². The van der Waals surface area contributed by atoms with E-state index < -0.39 is 5.91 Å². The van der Waals surface area contributed by atoms with Gasteiger partial charge >= 0.3 is 0 Å². The standard InChI is InChI=1S/C6H6N2O.C5H4BrN5O/c7-6(9)5-2-1-3-8-4-5;6-4-8-1-2(9-4)10-5(7)11-3(1)12/h1-4H,(H2,7,9);(H4,7,8,9,10,11,12). The normalized spacial score (nSPS) is 9.95. The summed E-state index contributed by atoms with van der Waals surface area (Å²) in [4.78, 5) is 38.0. The molecule has 108 valence electrons. The van der Waals surface area contributed by atoms with Gasteiger partial charge in [0.2, 0.25) is 11.9 Å². The number of halogens is 1. The number of nitrogen functional groups attached to an aromatic ring is 1. The third kappa shape index (κ3) is 3.63. The van der Waals surface area contributed by atoms with Crippen LogP contribution in [0.15, 0.2) is 34.1 Å². The Morgan fingerprint density at radius 3 is 2.62 bits per heavy atom. The Bertz CT molecular complexity index is 827. The topological polar surface area (TPSA) is 156 Å². The molecule has 1 amide bonds. The molecule has 0 spiro atoms. The summed E-state index contributed by atoms with van der Waals surface area (Å²) in [7, 11) is 0. The number of aromatic amines is 2. The van der Waals surface area contributed by atoms with Crippen LogP contribution in [-0.2, 0) is 0 Å². The number of anilines is 1. The van der Waals surface area contributed by atoms with Crippen LogP contribution in [-0.4, -0.2) is 30.8 Å². The molecule has 0 bridgehead atoms. The molecule has 0 aliphatic carbocycles. The van der Waals surface area contributed by atoms with Crippen molar-refractivity contribution < 1.29 is 4.79 Å². The summed E-state index contributed by atoms with van der Waals surface area (Å²) in [6.45, 7) is 0. The Hall–Kier alpha value is -2.75. The minimum Gasteiger partial charge on any atom is -0.369 e. The maximum Gasteiger partial charge on any atom is 0.280 e. The van der Waals surface area contributed by atoms with E-state index in [1.807, 2.05) is 0 Å². The highest BCUT2D eigenvalue weighted by molar-refractivity contribution is 9.10. The van der Waals surface area contributed by atoms with E-state index in [2.05, 4.69) is 40.8 Å². The lowest BCUT2D eigenvalue weighted by Crippen LogP contribution is -2.10. The van der Waals surface area contributed by atoms with Crippen molar-refractivity contribution in [2.45, 2.75) is 0 Å². The van der Waals surface area contributed by atoms with Crippen molar-refractivity contribution in [1.29, 1.82) is 0 Å². The molecule has 0 unspecified atom stereocenters. The zero-order chi connectivity index (χ0) is 15.4. The SMILES string of the molecule is NC(=O)c1cccnc1.Nc1nc2[nH]c(Br)nc2c(=O)[nH]1. The molecule has 0 saturated carbocycles. The van der Waals surface area contributed by atoms with Crippen molar-refractivity contribution in [1.82, 2.24) is 24.9 Å². The number of carbonyl (C=O) groups excluding carboxylic acids is 1. The molecule has 0 aliphatic heterocycles. The van der Waals surface area contributed by atoms with E-state index in [4.69, 9.17) is 11.5 Å². The molecule has 21 heavy (non-hydrogen) atoms. The fourth-order valence-electron chi connectivity index (χ4n) is 1.41. The molecule has 9 nitrogen and oxygen atoms in total. The summed E-state index contributed by atoms with van der Waals surface area (Å²) in [5.74, 6) is -0.369. The summed E-state index contributed by atoms with van der Waals surface area (Å²) in [5.41, 5.74) is 11.0. The summed E-state index contributed by atoms with van der Waals surface area (Å²) in [6.07, 6.45) is 3.02. The highest BCUT2D eigenvalue weighted by atomic mass is 79.9. The molecule has 0 atom stereocenters. The molecule has 0 aliphatic rings.